The topological polar surface area (TPSA) is 30.9 Å². The second-order valence-corrected chi connectivity index (χ2v) is 2.75. The molecule has 0 saturated heterocycles. The number of para-hydroxylation sites is 1. The van der Waals surface area contributed by atoms with Gasteiger partial charge in [0.2, 0.25) is 0 Å². The first kappa shape index (κ1) is 7.91. The van der Waals surface area contributed by atoms with Crippen LogP contribution in [-0.4, -0.2) is 17.9 Å². The third kappa shape index (κ3) is 1.42. The number of anilines is 1. The highest BCUT2D eigenvalue weighted by atomic mass is 15.9. The molecule has 1 aromatic rings. The molecule has 4 nitrogen and oxygen atoms in total. The summed E-state index contributed by atoms with van der Waals surface area (Å²) in [7, 11) is 0. The molecule has 2 rings (SSSR count). The highest BCUT2D eigenvalue weighted by Gasteiger charge is 2.14. The van der Waals surface area contributed by atoms with E-state index in [0.717, 1.165) is 12.2 Å². The molecule has 1 aromatic carbocycles. The second-order valence-electron chi connectivity index (χ2n) is 2.75. The Hall–Kier alpha value is -1.71. The van der Waals surface area contributed by atoms with E-state index in [9.17, 15) is 0 Å². The van der Waals surface area contributed by atoms with E-state index in [1.165, 1.54) is 0 Å². The molecule has 1 heterocycles. The lowest BCUT2D eigenvalue weighted by atomic mass is 10.3. The van der Waals surface area contributed by atoms with Crippen LogP contribution in [0.4, 0.5) is 5.69 Å². The van der Waals surface area contributed by atoms with Gasteiger partial charge in [0.1, 0.15) is 6.34 Å². The zero-order chi connectivity index (χ0) is 9.10. The van der Waals surface area contributed by atoms with Crippen molar-refractivity contribution in [1.29, 1.82) is 0 Å². The molecule has 0 amide bonds. The largest absolute Gasteiger partial charge is 0.253 e. The summed E-state index contributed by atoms with van der Waals surface area (Å²) in [6.07, 6.45) is 1.77. The van der Waals surface area contributed by atoms with Crippen molar-refractivity contribution in [3.05, 3.63) is 30.3 Å². The van der Waals surface area contributed by atoms with Gasteiger partial charge in [0.25, 0.3) is 0 Å². The predicted octanol–water partition coefficient (Wildman–Crippen LogP) is 1.19. The second kappa shape index (κ2) is 3.35. The summed E-state index contributed by atoms with van der Waals surface area (Å²) < 4.78 is 0. The molecule has 0 saturated carbocycles. The van der Waals surface area contributed by atoms with Gasteiger partial charge in [-0.3, -0.25) is 5.01 Å². The van der Waals surface area contributed by atoms with Crippen molar-refractivity contribution < 1.29 is 0 Å². The molecule has 0 atom stereocenters. The maximum absolute atomic E-state index is 3.97. The van der Waals surface area contributed by atoms with Crippen molar-refractivity contribution >= 4 is 12.0 Å². The molecule has 0 bridgehead atoms. The molecule has 1 aliphatic heterocycles. The van der Waals surface area contributed by atoms with Crippen LogP contribution < -0.4 is 10.7 Å². The highest BCUT2D eigenvalue weighted by Crippen LogP contribution is 2.14. The minimum Gasteiger partial charge on any atom is -0.253 e. The van der Waals surface area contributed by atoms with Crippen LogP contribution >= 0.6 is 0 Å². The Balaban J connectivity index is 2.18. The first-order chi connectivity index (χ1) is 6.42. The molecule has 0 unspecified atom stereocenters. The van der Waals surface area contributed by atoms with E-state index < -0.39 is 0 Å². The van der Waals surface area contributed by atoms with Crippen molar-refractivity contribution in [3.63, 3.8) is 0 Å². The van der Waals surface area contributed by atoms with Crippen LogP contribution in [0.3, 0.4) is 0 Å². The highest BCUT2D eigenvalue weighted by molar-refractivity contribution is 5.62. The van der Waals surface area contributed by atoms with Crippen LogP contribution in [0.15, 0.2) is 35.4 Å². The van der Waals surface area contributed by atoms with E-state index >= 15 is 0 Å². The van der Waals surface area contributed by atoms with E-state index in [-0.39, 0.29) is 0 Å². The van der Waals surface area contributed by atoms with Gasteiger partial charge in [-0.05, 0) is 19.1 Å². The zero-order valence-electron chi connectivity index (χ0n) is 7.51. The average Bonchev–Trinajstić information content (AvgIpc) is 2.67. The van der Waals surface area contributed by atoms with Gasteiger partial charge >= 0.3 is 0 Å². The van der Waals surface area contributed by atoms with Crippen molar-refractivity contribution in [2.45, 2.75) is 6.92 Å². The number of nitrogens with one attached hydrogen (secondary N) is 1. The lowest BCUT2D eigenvalue weighted by Gasteiger charge is -2.26. The Bertz CT molecular complexity index is 296. The maximum atomic E-state index is 3.97. The lowest BCUT2D eigenvalue weighted by molar-refractivity contribution is 0.401. The number of hydrogen-bond acceptors (Lipinski definition) is 4. The molecule has 0 aromatic heterocycles. The van der Waals surface area contributed by atoms with Crippen molar-refractivity contribution in [2.75, 3.05) is 11.7 Å². The molecular weight excluding hydrogens is 164 g/mol. The van der Waals surface area contributed by atoms with Crippen LogP contribution in [0.1, 0.15) is 6.92 Å². The monoisotopic (exact) mass is 176 g/mol. The number of rotatable bonds is 2. The standard InChI is InChI=1S/C9H12N4/c1-2-12-8-10-11-13(12)9-6-4-3-5-7-9/h3-8,11H,2H2,1H3. The van der Waals surface area contributed by atoms with Gasteiger partial charge in [-0.2, -0.15) is 10.7 Å². The van der Waals surface area contributed by atoms with E-state index in [0.29, 0.717) is 0 Å². The van der Waals surface area contributed by atoms with Crippen molar-refractivity contribution in [3.8, 4) is 0 Å². The zero-order valence-corrected chi connectivity index (χ0v) is 7.51. The number of benzene rings is 1. The average molecular weight is 176 g/mol. The Morgan fingerprint density at radius 1 is 1.31 bits per heavy atom. The summed E-state index contributed by atoms with van der Waals surface area (Å²) in [6, 6.07) is 10.1. The molecule has 1 aliphatic rings. The Labute approximate surface area is 77.4 Å². The normalized spacial score (nSPS) is 14.8. The number of nitrogens with zero attached hydrogens (tertiary/aromatic N) is 3. The van der Waals surface area contributed by atoms with Crippen LogP contribution in [0, 0.1) is 0 Å². The van der Waals surface area contributed by atoms with E-state index in [1.54, 1.807) is 6.34 Å². The van der Waals surface area contributed by atoms with Gasteiger partial charge < -0.3 is 0 Å². The van der Waals surface area contributed by atoms with Gasteiger partial charge in [0.05, 0.1) is 5.69 Å². The summed E-state index contributed by atoms with van der Waals surface area (Å²) in [5.74, 6) is 0. The first-order valence-electron chi connectivity index (χ1n) is 4.32. The minimum atomic E-state index is 0.894. The third-order valence-corrected chi connectivity index (χ3v) is 1.93. The SMILES string of the molecule is CCN1C=NNN1c1ccccc1. The van der Waals surface area contributed by atoms with E-state index in [4.69, 9.17) is 0 Å². The van der Waals surface area contributed by atoms with Crippen LogP contribution in [0.5, 0.6) is 0 Å². The number of hydrazone groups is 1. The molecule has 1 N–H and O–H groups in total. The Morgan fingerprint density at radius 3 is 2.77 bits per heavy atom. The van der Waals surface area contributed by atoms with Gasteiger partial charge in [0, 0.05) is 6.54 Å². The van der Waals surface area contributed by atoms with Gasteiger partial charge in [-0.1, -0.05) is 18.2 Å². The Morgan fingerprint density at radius 2 is 2.08 bits per heavy atom. The summed E-state index contributed by atoms with van der Waals surface area (Å²) in [6.45, 7) is 2.97. The fourth-order valence-corrected chi connectivity index (χ4v) is 1.25. The Kier molecular flexibility index (Phi) is 2.04. The van der Waals surface area contributed by atoms with E-state index in [1.807, 2.05) is 40.5 Å². The summed E-state index contributed by atoms with van der Waals surface area (Å²) in [5.41, 5.74) is 3.99. The fourth-order valence-electron chi connectivity index (χ4n) is 1.25. The van der Waals surface area contributed by atoms with Crippen LogP contribution in [0.25, 0.3) is 0 Å². The van der Waals surface area contributed by atoms with Crippen LogP contribution in [0.2, 0.25) is 0 Å². The van der Waals surface area contributed by atoms with Crippen LogP contribution in [-0.2, 0) is 0 Å². The molecule has 68 valence electrons. The third-order valence-electron chi connectivity index (χ3n) is 1.93. The first-order valence-corrected chi connectivity index (χ1v) is 4.32. The summed E-state index contributed by atoms with van der Waals surface area (Å²) in [5, 5.41) is 7.87. The smallest absolute Gasteiger partial charge is 0.133 e. The van der Waals surface area contributed by atoms with E-state index in [2.05, 4.69) is 17.6 Å². The molecule has 0 radical (unpaired) electrons. The molecule has 0 aliphatic carbocycles. The maximum Gasteiger partial charge on any atom is 0.133 e. The number of hydrazine groups is 2. The number of hydrogen-bond donors (Lipinski definition) is 1. The van der Waals surface area contributed by atoms with Gasteiger partial charge in [-0.15, -0.1) is 5.10 Å². The molecule has 4 heteroatoms. The van der Waals surface area contributed by atoms with Gasteiger partial charge in [-0.25, -0.2) is 0 Å². The lowest BCUT2D eigenvalue weighted by Crippen LogP contribution is -2.42. The predicted molar refractivity (Wildman–Crippen MR) is 52.9 cm³/mol. The molecule has 0 spiro atoms. The summed E-state index contributed by atoms with van der Waals surface area (Å²) in [4.78, 5) is 0. The fraction of sp³-hybridized carbons (Fsp3) is 0.222. The molecular formula is C9H12N4. The van der Waals surface area contributed by atoms with Crippen molar-refractivity contribution in [1.82, 2.24) is 10.5 Å². The minimum absolute atomic E-state index is 0.894. The van der Waals surface area contributed by atoms with Gasteiger partial charge in [0.15, 0.2) is 0 Å². The molecule has 13 heavy (non-hydrogen) atoms. The quantitative estimate of drug-likeness (QED) is 0.734. The molecule has 0 fully saturated rings. The summed E-state index contributed by atoms with van der Waals surface area (Å²) >= 11 is 0. The van der Waals surface area contributed by atoms with Crippen molar-refractivity contribution in [2.24, 2.45) is 5.10 Å².